The highest BCUT2D eigenvalue weighted by atomic mass is 15.0. The summed E-state index contributed by atoms with van der Waals surface area (Å²) in [6.45, 7) is 5.31. The van der Waals surface area contributed by atoms with Crippen LogP contribution in [0.4, 0.5) is 0 Å². The molecule has 25 heavy (non-hydrogen) atoms. The molecule has 0 atom stereocenters. The van der Waals surface area contributed by atoms with Crippen LogP contribution in [0.5, 0.6) is 0 Å². The van der Waals surface area contributed by atoms with Crippen LogP contribution in [0.25, 0.3) is 22.3 Å². The fourth-order valence-electron chi connectivity index (χ4n) is 3.56. The summed E-state index contributed by atoms with van der Waals surface area (Å²) >= 11 is 0. The van der Waals surface area contributed by atoms with Gasteiger partial charge in [-0.05, 0) is 22.3 Å². The first kappa shape index (κ1) is 15.6. The minimum Gasteiger partial charge on any atom is -0.196 e. The molecule has 1 heteroatoms. The van der Waals surface area contributed by atoms with Crippen molar-refractivity contribution < 1.29 is 4.57 Å². The molecule has 0 amide bonds. The summed E-state index contributed by atoms with van der Waals surface area (Å²) in [5, 5.41) is 0. The van der Waals surface area contributed by atoms with E-state index < -0.39 is 0 Å². The van der Waals surface area contributed by atoms with Crippen LogP contribution >= 0.6 is 0 Å². The lowest BCUT2D eigenvalue weighted by molar-refractivity contribution is -0.700. The zero-order valence-electron chi connectivity index (χ0n) is 14.7. The molecule has 1 heterocycles. The molecular weight excluding hydrogens is 302 g/mol. The Bertz CT molecular complexity index is 963. The number of aromatic nitrogens is 1. The topological polar surface area (TPSA) is 3.88 Å². The second-order valence-corrected chi connectivity index (χ2v) is 6.63. The predicted octanol–water partition coefficient (Wildman–Crippen LogP) is 5.41. The molecule has 0 fully saturated rings. The smallest absolute Gasteiger partial charge is 0.179 e. The number of aryl methyl sites for hydroxylation is 2. The normalized spacial score (nSPS) is 11.0. The maximum atomic E-state index is 2.38. The summed E-state index contributed by atoms with van der Waals surface area (Å²) in [5.74, 6) is 0. The second-order valence-electron chi connectivity index (χ2n) is 6.63. The molecule has 0 spiro atoms. The van der Waals surface area contributed by atoms with E-state index in [2.05, 4.69) is 103 Å². The van der Waals surface area contributed by atoms with Crippen molar-refractivity contribution in [3.05, 3.63) is 102 Å². The summed E-state index contributed by atoms with van der Waals surface area (Å²) in [4.78, 5) is 0. The Morgan fingerprint density at radius 2 is 1.20 bits per heavy atom. The van der Waals surface area contributed by atoms with E-state index in [-0.39, 0.29) is 0 Å². The third-order valence-corrected chi connectivity index (χ3v) is 4.87. The van der Waals surface area contributed by atoms with Crippen molar-refractivity contribution in [2.45, 2.75) is 20.4 Å². The van der Waals surface area contributed by atoms with Gasteiger partial charge in [0.05, 0.1) is 0 Å². The van der Waals surface area contributed by atoms with Crippen LogP contribution in [0, 0.1) is 13.8 Å². The zero-order chi connectivity index (χ0) is 17.2. The van der Waals surface area contributed by atoms with Crippen molar-refractivity contribution >= 4 is 0 Å². The van der Waals surface area contributed by atoms with E-state index in [1.165, 1.54) is 39.2 Å². The molecular formula is C24H22N+. The van der Waals surface area contributed by atoms with Crippen LogP contribution < -0.4 is 4.57 Å². The van der Waals surface area contributed by atoms with Crippen LogP contribution in [0.2, 0.25) is 0 Å². The van der Waals surface area contributed by atoms with E-state index in [1.54, 1.807) is 0 Å². The maximum absolute atomic E-state index is 2.38. The third kappa shape index (κ3) is 3.06. The van der Waals surface area contributed by atoms with Crippen LogP contribution in [-0.2, 0) is 6.54 Å². The van der Waals surface area contributed by atoms with Crippen LogP contribution in [0.3, 0.4) is 0 Å². The molecule has 2 aliphatic rings. The van der Waals surface area contributed by atoms with E-state index in [4.69, 9.17) is 0 Å². The fourth-order valence-corrected chi connectivity index (χ4v) is 3.56. The number of hydrogen-bond donors (Lipinski definition) is 0. The lowest BCUT2D eigenvalue weighted by Gasteiger charge is -2.08. The van der Waals surface area contributed by atoms with Gasteiger partial charge in [0, 0.05) is 31.5 Å². The molecule has 0 bridgehead atoms. The van der Waals surface area contributed by atoms with E-state index in [0.29, 0.717) is 0 Å². The summed E-state index contributed by atoms with van der Waals surface area (Å²) in [6, 6.07) is 30.4. The molecule has 4 rings (SSSR count). The number of hydrogen-bond acceptors (Lipinski definition) is 0. The maximum Gasteiger partial charge on any atom is 0.179 e. The molecule has 0 saturated heterocycles. The zero-order valence-corrected chi connectivity index (χ0v) is 14.7. The molecule has 0 aliphatic heterocycles. The van der Waals surface area contributed by atoms with E-state index in [1.807, 2.05) is 0 Å². The number of benzene rings is 1. The Labute approximate surface area is 149 Å². The van der Waals surface area contributed by atoms with Crippen molar-refractivity contribution in [3.63, 3.8) is 0 Å². The van der Waals surface area contributed by atoms with E-state index >= 15 is 0 Å². The van der Waals surface area contributed by atoms with Crippen LogP contribution in [0.1, 0.15) is 17.0 Å². The lowest BCUT2D eigenvalue weighted by Crippen LogP contribution is -2.40. The molecule has 1 aromatic heterocycles. The fraction of sp³-hybridized carbons (Fsp3) is 0.125. The number of rotatable bonds is 3. The van der Waals surface area contributed by atoms with Gasteiger partial charge in [-0.25, -0.2) is 0 Å². The quantitative estimate of drug-likeness (QED) is 0.444. The minimum atomic E-state index is 0.912. The summed E-state index contributed by atoms with van der Waals surface area (Å²) in [6.07, 6.45) is 0. The van der Waals surface area contributed by atoms with Gasteiger partial charge in [0.1, 0.15) is 0 Å². The summed E-state index contributed by atoms with van der Waals surface area (Å²) < 4.78 is 2.38. The molecule has 0 saturated carbocycles. The van der Waals surface area contributed by atoms with Crippen LogP contribution in [0.15, 0.2) is 84.9 Å². The van der Waals surface area contributed by atoms with Crippen molar-refractivity contribution in [2.75, 3.05) is 0 Å². The molecule has 122 valence electrons. The molecule has 1 nitrogen and oxygen atoms in total. The SMILES string of the molecule is Cc1cc(-c2ccc3cccccc2-3)cc(C)[n+]1Cc1ccccc1. The largest absolute Gasteiger partial charge is 0.196 e. The Hall–Kier alpha value is -2.93. The van der Waals surface area contributed by atoms with Gasteiger partial charge in [-0.1, -0.05) is 72.8 Å². The number of fused-ring (bicyclic) bond motifs is 1. The minimum absolute atomic E-state index is 0.912. The highest BCUT2D eigenvalue weighted by Gasteiger charge is 2.17. The second kappa shape index (κ2) is 6.52. The molecule has 2 aliphatic carbocycles. The standard InChI is InChI=1S/C24H22N/c1-18-15-22(24-14-13-21-11-7-4-8-12-23(21)24)16-19(2)25(18)17-20-9-5-3-6-10-20/h3-16H,17H2,1-2H3/q+1. The first-order valence-electron chi connectivity index (χ1n) is 8.75. The molecule has 2 aromatic rings. The van der Waals surface area contributed by atoms with E-state index in [9.17, 15) is 0 Å². The van der Waals surface area contributed by atoms with Gasteiger partial charge in [0.15, 0.2) is 17.9 Å². The van der Waals surface area contributed by atoms with Gasteiger partial charge in [0.25, 0.3) is 0 Å². The monoisotopic (exact) mass is 324 g/mol. The first-order chi connectivity index (χ1) is 12.2. The third-order valence-electron chi connectivity index (χ3n) is 4.87. The van der Waals surface area contributed by atoms with Gasteiger partial charge in [0.2, 0.25) is 0 Å². The Balaban J connectivity index is 1.75. The molecule has 1 aromatic carbocycles. The summed E-state index contributed by atoms with van der Waals surface area (Å²) in [7, 11) is 0. The Kier molecular flexibility index (Phi) is 4.07. The number of pyridine rings is 1. The van der Waals surface area contributed by atoms with Crippen molar-refractivity contribution in [1.82, 2.24) is 0 Å². The first-order valence-corrected chi connectivity index (χ1v) is 8.75. The van der Waals surface area contributed by atoms with Gasteiger partial charge in [-0.15, -0.1) is 0 Å². The van der Waals surface area contributed by atoms with Gasteiger partial charge >= 0.3 is 0 Å². The van der Waals surface area contributed by atoms with E-state index in [0.717, 1.165) is 6.54 Å². The predicted molar refractivity (Wildman–Crippen MR) is 104 cm³/mol. The highest BCUT2D eigenvalue weighted by Crippen LogP contribution is 2.35. The summed E-state index contributed by atoms with van der Waals surface area (Å²) in [5.41, 5.74) is 9.10. The Morgan fingerprint density at radius 1 is 0.600 bits per heavy atom. The Morgan fingerprint density at radius 3 is 1.92 bits per heavy atom. The average Bonchev–Trinajstić information content (AvgIpc) is 2.87. The van der Waals surface area contributed by atoms with Gasteiger partial charge in [-0.3, -0.25) is 0 Å². The van der Waals surface area contributed by atoms with Crippen LogP contribution in [-0.4, -0.2) is 0 Å². The molecule has 0 radical (unpaired) electrons. The molecule has 0 N–H and O–H groups in total. The number of nitrogens with zero attached hydrogens (tertiary/aromatic N) is 1. The van der Waals surface area contributed by atoms with Crippen molar-refractivity contribution in [1.29, 1.82) is 0 Å². The van der Waals surface area contributed by atoms with Gasteiger partial charge in [-0.2, -0.15) is 4.57 Å². The highest BCUT2D eigenvalue weighted by molar-refractivity contribution is 5.86. The lowest BCUT2D eigenvalue weighted by atomic mass is 10.0. The average molecular weight is 324 g/mol. The van der Waals surface area contributed by atoms with Crippen molar-refractivity contribution in [3.8, 4) is 22.3 Å². The van der Waals surface area contributed by atoms with Gasteiger partial charge < -0.3 is 0 Å². The van der Waals surface area contributed by atoms with Crippen molar-refractivity contribution in [2.24, 2.45) is 0 Å². The molecule has 0 unspecified atom stereocenters.